The maximum absolute atomic E-state index is 12.5. The standard InChI is InChI=1S/C17H19O3P/c1-4-17(2,3)12-9-10-14-13-7-5-6-8-15(13)20-21(18,19)16(14)11-12/h5-11H,4H2,1-3H3,(H,18,19). The van der Waals surface area contributed by atoms with Crippen LogP contribution in [0.3, 0.4) is 0 Å². The fraction of sp³-hybridized carbons (Fsp3) is 0.294. The second-order valence-electron chi connectivity index (χ2n) is 6.08. The third kappa shape index (κ3) is 2.31. The summed E-state index contributed by atoms with van der Waals surface area (Å²) in [6.07, 6.45) is 0.957. The molecular weight excluding hydrogens is 283 g/mol. The third-order valence-electron chi connectivity index (χ3n) is 4.37. The van der Waals surface area contributed by atoms with Crippen molar-refractivity contribution < 1.29 is 14.0 Å². The number of hydrogen-bond acceptors (Lipinski definition) is 2. The van der Waals surface area contributed by atoms with Gasteiger partial charge in [0.15, 0.2) is 0 Å². The highest BCUT2D eigenvalue weighted by atomic mass is 31.2. The van der Waals surface area contributed by atoms with Crippen molar-refractivity contribution in [3.63, 3.8) is 0 Å². The van der Waals surface area contributed by atoms with Crippen molar-refractivity contribution in [2.45, 2.75) is 32.6 Å². The smallest absolute Gasteiger partial charge is 0.408 e. The van der Waals surface area contributed by atoms with Gasteiger partial charge in [-0.05, 0) is 29.5 Å². The first kappa shape index (κ1) is 14.4. The lowest BCUT2D eigenvalue weighted by Crippen LogP contribution is -2.22. The molecular formula is C17H19O3P. The quantitative estimate of drug-likeness (QED) is 0.844. The Morgan fingerprint density at radius 2 is 1.86 bits per heavy atom. The first-order valence-electron chi connectivity index (χ1n) is 7.12. The summed E-state index contributed by atoms with van der Waals surface area (Å²) in [5.74, 6) is 0.471. The first-order valence-corrected chi connectivity index (χ1v) is 8.70. The number of benzene rings is 2. The van der Waals surface area contributed by atoms with E-state index in [4.69, 9.17) is 4.52 Å². The van der Waals surface area contributed by atoms with Gasteiger partial charge in [0, 0.05) is 11.1 Å². The molecule has 0 spiro atoms. The molecule has 3 rings (SSSR count). The molecule has 0 bridgehead atoms. The van der Waals surface area contributed by atoms with E-state index < -0.39 is 7.60 Å². The van der Waals surface area contributed by atoms with E-state index in [1.807, 2.05) is 30.3 Å². The highest BCUT2D eigenvalue weighted by Crippen LogP contribution is 2.52. The maximum atomic E-state index is 12.5. The van der Waals surface area contributed by atoms with Crippen LogP contribution in [0, 0.1) is 0 Å². The van der Waals surface area contributed by atoms with Crippen LogP contribution < -0.4 is 9.83 Å². The molecule has 0 saturated heterocycles. The molecule has 21 heavy (non-hydrogen) atoms. The lowest BCUT2D eigenvalue weighted by Gasteiger charge is -2.28. The van der Waals surface area contributed by atoms with Crippen LogP contribution in [0.1, 0.15) is 32.8 Å². The van der Waals surface area contributed by atoms with Gasteiger partial charge in [0.05, 0.1) is 5.30 Å². The average molecular weight is 302 g/mol. The molecule has 0 aliphatic carbocycles. The van der Waals surface area contributed by atoms with Gasteiger partial charge in [-0.3, -0.25) is 0 Å². The third-order valence-corrected chi connectivity index (χ3v) is 5.79. The molecule has 4 heteroatoms. The predicted octanol–water partition coefficient (Wildman–Crippen LogP) is 4.24. The second kappa shape index (κ2) is 4.72. The van der Waals surface area contributed by atoms with Gasteiger partial charge in [-0.2, -0.15) is 0 Å². The van der Waals surface area contributed by atoms with E-state index in [1.165, 1.54) is 0 Å². The molecule has 0 amide bonds. The normalized spacial score (nSPS) is 20.4. The molecule has 0 fully saturated rings. The molecule has 0 saturated carbocycles. The number of rotatable bonds is 2. The van der Waals surface area contributed by atoms with Crippen molar-refractivity contribution in [2.75, 3.05) is 0 Å². The summed E-state index contributed by atoms with van der Waals surface area (Å²) in [4.78, 5) is 10.3. The number of fused-ring (bicyclic) bond motifs is 3. The Morgan fingerprint density at radius 3 is 2.57 bits per heavy atom. The van der Waals surface area contributed by atoms with E-state index in [-0.39, 0.29) is 5.41 Å². The Labute approximate surface area is 125 Å². The summed E-state index contributed by atoms with van der Waals surface area (Å²) in [7, 11) is -3.82. The average Bonchev–Trinajstić information content (AvgIpc) is 2.46. The van der Waals surface area contributed by atoms with E-state index in [0.717, 1.165) is 23.1 Å². The van der Waals surface area contributed by atoms with Crippen molar-refractivity contribution in [3.05, 3.63) is 48.0 Å². The van der Waals surface area contributed by atoms with Crippen LogP contribution in [0.15, 0.2) is 42.5 Å². The van der Waals surface area contributed by atoms with Crippen LogP contribution >= 0.6 is 7.60 Å². The summed E-state index contributed by atoms with van der Waals surface area (Å²) in [6.45, 7) is 6.38. The van der Waals surface area contributed by atoms with Crippen molar-refractivity contribution in [1.82, 2.24) is 0 Å². The zero-order chi connectivity index (χ0) is 15.3. The fourth-order valence-electron chi connectivity index (χ4n) is 2.57. The van der Waals surface area contributed by atoms with Gasteiger partial charge in [0.25, 0.3) is 0 Å². The summed E-state index contributed by atoms with van der Waals surface area (Å²) >= 11 is 0. The van der Waals surface area contributed by atoms with Crippen LogP contribution in [0.4, 0.5) is 0 Å². The topological polar surface area (TPSA) is 46.5 Å². The Bertz CT molecular complexity index is 749. The van der Waals surface area contributed by atoms with Crippen LogP contribution in [-0.2, 0) is 9.98 Å². The Balaban J connectivity index is 2.25. The SMILES string of the molecule is CCC(C)(C)c1ccc2c(c1)P(=O)(O)Oc1ccccc1-2. The number of para-hydroxylation sites is 1. The lowest BCUT2D eigenvalue weighted by molar-refractivity contribution is 0.392. The fourth-order valence-corrected chi connectivity index (χ4v) is 3.90. The van der Waals surface area contributed by atoms with Gasteiger partial charge in [0.1, 0.15) is 5.75 Å². The summed E-state index contributed by atoms with van der Waals surface area (Å²) < 4.78 is 17.9. The minimum Gasteiger partial charge on any atom is -0.421 e. The van der Waals surface area contributed by atoms with Crippen LogP contribution in [0.5, 0.6) is 5.75 Å². The van der Waals surface area contributed by atoms with Crippen molar-refractivity contribution in [1.29, 1.82) is 0 Å². The summed E-state index contributed by atoms with van der Waals surface area (Å²) in [5.41, 5.74) is 2.68. The van der Waals surface area contributed by atoms with Crippen molar-refractivity contribution in [2.24, 2.45) is 0 Å². The molecule has 0 radical (unpaired) electrons. The van der Waals surface area contributed by atoms with Gasteiger partial charge < -0.3 is 9.42 Å². The molecule has 1 heterocycles. The minimum absolute atomic E-state index is 0.0357. The van der Waals surface area contributed by atoms with E-state index in [0.29, 0.717) is 11.1 Å². The molecule has 3 nitrogen and oxygen atoms in total. The molecule has 1 aliphatic rings. The molecule has 0 aromatic heterocycles. The van der Waals surface area contributed by atoms with E-state index in [2.05, 4.69) is 20.8 Å². The highest BCUT2D eigenvalue weighted by Gasteiger charge is 2.35. The molecule has 1 atom stereocenters. The van der Waals surface area contributed by atoms with Gasteiger partial charge >= 0.3 is 7.60 Å². The van der Waals surface area contributed by atoms with E-state index in [1.54, 1.807) is 12.1 Å². The lowest BCUT2D eigenvalue weighted by atomic mass is 9.81. The largest absolute Gasteiger partial charge is 0.421 e. The number of hydrogen-bond donors (Lipinski definition) is 1. The summed E-state index contributed by atoms with van der Waals surface area (Å²) in [5, 5.41) is 0.403. The van der Waals surface area contributed by atoms with E-state index >= 15 is 0 Å². The first-order chi connectivity index (χ1) is 9.85. The summed E-state index contributed by atoms with van der Waals surface area (Å²) in [6, 6.07) is 13.2. The van der Waals surface area contributed by atoms with Crippen molar-refractivity contribution in [3.8, 4) is 16.9 Å². The van der Waals surface area contributed by atoms with Gasteiger partial charge in [-0.15, -0.1) is 0 Å². The highest BCUT2D eigenvalue weighted by molar-refractivity contribution is 7.62. The van der Waals surface area contributed by atoms with Gasteiger partial charge in [-0.1, -0.05) is 51.1 Å². The molecule has 110 valence electrons. The second-order valence-corrected chi connectivity index (χ2v) is 7.78. The maximum Gasteiger partial charge on any atom is 0.408 e. The van der Waals surface area contributed by atoms with Crippen LogP contribution in [-0.4, -0.2) is 4.89 Å². The zero-order valence-corrected chi connectivity index (χ0v) is 13.4. The Kier molecular flexibility index (Phi) is 3.23. The molecule has 1 N–H and O–H groups in total. The molecule has 2 aromatic rings. The minimum atomic E-state index is -3.82. The molecule has 1 aliphatic heterocycles. The van der Waals surface area contributed by atoms with Gasteiger partial charge in [0.2, 0.25) is 0 Å². The molecule has 1 unspecified atom stereocenters. The monoisotopic (exact) mass is 302 g/mol. The van der Waals surface area contributed by atoms with Crippen LogP contribution in [0.2, 0.25) is 0 Å². The predicted molar refractivity (Wildman–Crippen MR) is 85.3 cm³/mol. The van der Waals surface area contributed by atoms with Crippen molar-refractivity contribution >= 4 is 12.9 Å². The Hall–Kier alpha value is -1.57. The Morgan fingerprint density at radius 1 is 1.14 bits per heavy atom. The molecule has 2 aromatic carbocycles. The van der Waals surface area contributed by atoms with E-state index in [9.17, 15) is 9.46 Å². The van der Waals surface area contributed by atoms with Gasteiger partial charge in [-0.25, -0.2) is 4.57 Å². The zero-order valence-electron chi connectivity index (χ0n) is 12.5. The van der Waals surface area contributed by atoms with Crippen LogP contribution in [0.25, 0.3) is 11.1 Å².